The fourth-order valence-electron chi connectivity index (χ4n) is 2.87. The molecule has 0 aliphatic carbocycles. The van der Waals surface area contributed by atoms with Crippen molar-refractivity contribution in [1.82, 2.24) is 34.9 Å². The highest BCUT2D eigenvalue weighted by atomic mass is 79.9. The number of hydrogen-bond acceptors (Lipinski definition) is 8. The lowest BCUT2D eigenvalue weighted by molar-refractivity contribution is 0.0197. The molecule has 0 aromatic carbocycles. The van der Waals surface area contributed by atoms with E-state index in [-0.39, 0.29) is 12.1 Å². The average Bonchev–Trinajstić information content (AvgIpc) is 3.02. The first-order chi connectivity index (χ1) is 12.7. The number of pyridine rings is 1. The fourth-order valence-corrected chi connectivity index (χ4v) is 3.19. The Morgan fingerprint density at radius 1 is 1.37 bits per heavy atom. The molecule has 10 nitrogen and oxygen atoms in total. The van der Waals surface area contributed by atoms with Gasteiger partial charge in [0.2, 0.25) is 5.65 Å². The largest absolute Gasteiger partial charge is 0.444 e. The van der Waals surface area contributed by atoms with Crippen LogP contribution >= 0.6 is 15.9 Å². The minimum Gasteiger partial charge on any atom is -0.444 e. The Kier molecular flexibility index (Phi) is 4.13. The lowest BCUT2D eigenvalue weighted by Gasteiger charge is -2.44. The molecule has 27 heavy (non-hydrogen) atoms. The van der Waals surface area contributed by atoms with Gasteiger partial charge in [-0.3, -0.25) is 0 Å². The molecule has 1 amide bonds. The summed E-state index contributed by atoms with van der Waals surface area (Å²) in [6, 6.07) is 1.91. The SMILES string of the molecule is CN(C(=O)OC(C)(C)C)C1CN(c2nc3ncc(Br)cc3n3nnnc23)C1. The van der Waals surface area contributed by atoms with Crippen molar-refractivity contribution < 1.29 is 9.53 Å². The maximum Gasteiger partial charge on any atom is 0.410 e. The van der Waals surface area contributed by atoms with Crippen LogP contribution in [0.25, 0.3) is 16.8 Å². The number of nitrogens with zero attached hydrogens (tertiary/aromatic N) is 8. The number of likely N-dealkylation sites (N-methyl/N-ethyl adjacent to an activating group) is 1. The molecule has 1 aliphatic rings. The summed E-state index contributed by atoms with van der Waals surface area (Å²) in [6.45, 7) is 6.79. The molecule has 0 N–H and O–H groups in total. The van der Waals surface area contributed by atoms with Crippen molar-refractivity contribution in [1.29, 1.82) is 0 Å². The zero-order valence-electron chi connectivity index (χ0n) is 15.4. The summed E-state index contributed by atoms with van der Waals surface area (Å²) in [5.41, 5.74) is 1.31. The Hall–Kier alpha value is -2.56. The van der Waals surface area contributed by atoms with Gasteiger partial charge in [-0.2, -0.15) is 4.52 Å². The molecule has 4 rings (SSSR count). The number of halogens is 1. The van der Waals surface area contributed by atoms with Crippen LogP contribution in [0.2, 0.25) is 0 Å². The van der Waals surface area contributed by atoms with Gasteiger partial charge in [-0.05, 0) is 53.2 Å². The number of aromatic nitrogens is 6. The van der Waals surface area contributed by atoms with Crippen molar-refractivity contribution in [3.05, 3.63) is 16.7 Å². The number of ether oxygens (including phenoxy) is 1. The Bertz CT molecular complexity index is 1020. The van der Waals surface area contributed by atoms with E-state index in [0.29, 0.717) is 30.2 Å². The topological polar surface area (TPSA) is 102 Å². The fraction of sp³-hybridized carbons (Fsp3) is 0.500. The maximum absolute atomic E-state index is 12.2. The molecule has 0 radical (unpaired) electrons. The third-order valence-corrected chi connectivity index (χ3v) is 4.75. The van der Waals surface area contributed by atoms with E-state index in [1.54, 1.807) is 22.7 Å². The number of rotatable bonds is 2. The second kappa shape index (κ2) is 6.25. The Morgan fingerprint density at radius 3 is 2.81 bits per heavy atom. The van der Waals surface area contributed by atoms with Crippen molar-refractivity contribution >= 4 is 44.7 Å². The summed E-state index contributed by atoms with van der Waals surface area (Å²) in [5.74, 6) is 0.649. The van der Waals surface area contributed by atoms with Gasteiger partial charge in [0, 0.05) is 30.8 Å². The zero-order chi connectivity index (χ0) is 19.3. The summed E-state index contributed by atoms with van der Waals surface area (Å²) in [6.07, 6.45) is 1.35. The molecule has 0 unspecified atom stereocenters. The average molecular weight is 435 g/mol. The van der Waals surface area contributed by atoms with E-state index in [2.05, 4.69) is 41.4 Å². The van der Waals surface area contributed by atoms with Crippen molar-refractivity contribution in [2.24, 2.45) is 0 Å². The van der Waals surface area contributed by atoms with E-state index in [1.807, 2.05) is 31.7 Å². The number of fused-ring (bicyclic) bond motifs is 3. The first-order valence-electron chi connectivity index (χ1n) is 8.47. The van der Waals surface area contributed by atoms with Crippen molar-refractivity contribution in [3.63, 3.8) is 0 Å². The van der Waals surface area contributed by atoms with E-state index in [0.717, 1.165) is 9.99 Å². The molecule has 4 heterocycles. The normalized spacial score (nSPS) is 15.2. The van der Waals surface area contributed by atoms with Gasteiger partial charge in [-0.15, -0.1) is 5.10 Å². The van der Waals surface area contributed by atoms with Crippen molar-refractivity contribution in [3.8, 4) is 0 Å². The first-order valence-corrected chi connectivity index (χ1v) is 9.26. The van der Waals surface area contributed by atoms with Crippen molar-refractivity contribution in [2.75, 3.05) is 25.0 Å². The smallest absolute Gasteiger partial charge is 0.410 e. The first kappa shape index (κ1) is 17.8. The van der Waals surface area contributed by atoms with Gasteiger partial charge in [-0.1, -0.05) is 0 Å². The van der Waals surface area contributed by atoms with Gasteiger partial charge in [0.1, 0.15) is 11.1 Å². The summed E-state index contributed by atoms with van der Waals surface area (Å²) in [4.78, 5) is 24.9. The quantitative estimate of drug-likeness (QED) is 0.602. The van der Waals surface area contributed by atoms with Crippen LogP contribution in [0, 0.1) is 0 Å². The van der Waals surface area contributed by atoms with Crippen LogP contribution in [-0.2, 0) is 4.74 Å². The second-order valence-corrected chi connectivity index (χ2v) is 8.41. The van der Waals surface area contributed by atoms with Crippen LogP contribution in [0.1, 0.15) is 20.8 Å². The summed E-state index contributed by atoms with van der Waals surface area (Å²) < 4.78 is 7.87. The van der Waals surface area contributed by atoms with Crippen LogP contribution in [0.3, 0.4) is 0 Å². The Labute approximate surface area is 163 Å². The molecule has 142 valence electrons. The number of carbonyl (C=O) groups excluding carboxylic acids is 1. The monoisotopic (exact) mass is 434 g/mol. The molecule has 1 aliphatic heterocycles. The van der Waals surface area contributed by atoms with Crippen LogP contribution in [0.4, 0.5) is 10.6 Å². The minimum atomic E-state index is -0.520. The standard InChI is InChI=1S/C16H19BrN8O2/c1-16(2,3)27-15(26)23(4)10-7-24(8-10)13-14-20-21-22-25(14)11-5-9(17)6-18-12(11)19-13/h5-6,10H,7-8H2,1-4H3. The predicted molar refractivity (Wildman–Crippen MR) is 102 cm³/mol. The number of anilines is 1. The molecule has 3 aromatic heterocycles. The molecule has 1 fully saturated rings. The van der Waals surface area contributed by atoms with Crippen LogP contribution in [0.15, 0.2) is 16.7 Å². The molecule has 0 bridgehead atoms. The number of carbonyl (C=O) groups is 1. The summed E-state index contributed by atoms with van der Waals surface area (Å²) >= 11 is 3.40. The number of tetrazole rings is 1. The molecule has 0 atom stereocenters. The van der Waals surface area contributed by atoms with Crippen LogP contribution in [-0.4, -0.2) is 72.8 Å². The molecule has 0 saturated carbocycles. The predicted octanol–water partition coefficient (Wildman–Crippen LogP) is 1.89. The number of amides is 1. The molecule has 0 spiro atoms. The Balaban J connectivity index is 1.57. The van der Waals surface area contributed by atoms with Crippen molar-refractivity contribution in [2.45, 2.75) is 32.4 Å². The summed E-state index contributed by atoms with van der Waals surface area (Å²) in [5, 5.41) is 11.9. The van der Waals surface area contributed by atoms with Gasteiger partial charge in [0.05, 0.1) is 6.04 Å². The molecular weight excluding hydrogens is 416 g/mol. The lowest BCUT2D eigenvalue weighted by Crippen LogP contribution is -2.60. The maximum atomic E-state index is 12.2. The van der Waals surface area contributed by atoms with Gasteiger partial charge in [0.15, 0.2) is 11.5 Å². The third-order valence-electron chi connectivity index (χ3n) is 4.31. The highest BCUT2D eigenvalue weighted by Crippen LogP contribution is 2.28. The molecule has 11 heteroatoms. The highest BCUT2D eigenvalue weighted by Gasteiger charge is 2.36. The number of hydrogen-bond donors (Lipinski definition) is 0. The zero-order valence-corrected chi connectivity index (χ0v) is 17.0. The van der Waals surface area contributed by atoms with E-state index in [1.165, 1.54) is 0 Å². The van der Waals surface area contributed by atoms with Gasteiger partial charge < -0.3 is 14.5 Å². The van der Waals surface area contributed by atoms with E-state index < -0.39 is 5.60 Å². The van der Waals surface area contributed by atoms with E-state index in [4.69, 9.17) is 4.74 Å². The molecule has 3 aromatic rings. The van der Waals surface area contributed by atoms with Crippen LogP contribution in [0.5, 0.6) is 0 Å². The van der Waals surface area contributed by atoms with Crippen LogP contribution < -0.4 is 4.90 Å². The highest BCUT2D eigenvalue weighted by molar-refractivity contribution is 9.10. The van der Waals surface area contributed by atoms with Gasteiger partial charge >= 0.3 is 6.09 Å². The summed E-state index contributed by atoms with van der Waals surface area (Å²) in [7, 11) is 1.75. The van der Waals surface area contributed by atoms with E-state index in [9.17, 15) is 4.79 Å². The van der Waals surface area contributed by atoms with Gasteiger partial charge in [0.25, 0.3) is 0 Å². The minimum absolute atomic E-state index is 0.0335. The molecular formula is C16H19BrN8O2. The molecule has 1 saturated heterocycles. The van der Waals surface area contributed by atoms with E-state index >= 15 is 0 Å². The van der Waals surface area contributed by atoms with Gasteiger partial charge in [-0.25, -0.2) is 14.8 Å². The lowest BCUT2D eigenvalue weighted by atomic mass is 10.1. The Morgan fingerprint density at radius 2 is 2.11 bits per heavy atom. The second-order valence-electron chi connectivity index (χ2n) is 7.50. The third kappa shape index (κ3) is 3.27.